The van der Waals surface area contributed by atoms with E-state index >= 15 is 0 Å². The zero-order valence-electron chi connectivity index (χ0n) is 10.9. The molecule has 1 aliphatic rings. The molecule has 1 aromatic carbocycles. The monoisotopic (exact) mass is 285 g/mol. The Hall–Kier alpha value is -2.21. The number of aryl methyl sites for hydroxylation is 1. The van der Waals surface area contributed by atoms with Crippen LogP contribution in [0.4, 0.5) is 0 Å². The van der Waals surface area contributed by atoms with Gasteiger partial charge in [0.1, 0.15) is 5.01 Å². The van der Waals surface area contributed by atoms with E-state index in [1.807, 2.05) is 18.2 Å². The van der Waals surface area contributed by atoms with Crippen LogP contribution in [0.25, 0.3) is 10.6 Å². The van der Waals surface area contributed by atoms with E-state index in [1.165, 1.54) is 0 Å². The summed E-state index contributed by atoms with van der Waals surface area (Å²) >= 11 is 1.66. The molecule has 0 fully saturated rings. The van der Waals surface area contributed by atoms with Crippen LogP contribution in [0, 0.1) is 0 Å². The zero-order chi connectivity index (χ0) is 13.9. The second-order valence-electron chi connectivity index (χ2n) is 4.59. The van der Waals surface area contributed by atoms with Crippen molar-refractivity contribution in [2.75, 3.05) is 0 Å². The summed E-state index contributed by atoms with van der Waals surface area (Å²) in [7, 11) is 0. The maximum atomic E-state index is 5.33. The first-order valence-corrected chi connectivity index (χ1v) is 7.26. The SMILES string of the molecule is NC(N)=N/N=C1\CCCc2nc(-c3ccccc3)sc21. The van der Waals surface area contributed by atoms with E-state index in [0.717, 1.165) is 46.1 Å². The van der Waals surface area contributed by atoms with Crippen LogP contribution in [0.1, 0.15) is 23.4 Å². The normalized spacial score (nSPS) is 15.9. The molecular weight excluding hydrogens is 270 g/mol. The molecule has 0 atom stereocenters. The maximum Gasteiger partial charge on any atom is 0.211 e. The average molecular weight is 285 g/mol. The van der Waals surface area contributed by atoms with Crippen molar-refractivity contribution in [3.05, 3.63) is 40.9 Å². The number of hydrogen-bond acceptors (Lipinski definition) is 4. The molecule has 0 aliphatic heterocycles. The van der Waals surface area contributed by atoms with Crippen molar-refractivity contribution in [3.8, 4) is 10.6 Å². The molecule has 102 valence electrons. The molecule has 20 heavy (non-hydrogen) atoms. The molecule has 0 saturated carbocycles. The molecule has 1 aliphatic carbocycles. The van der Waals surface area contributed by atoms with Crippen LogP contribution < -0.4 is 11.5 Å². The largest absolute Gasteiger partial charge is 0.369 e. The topological polar surface area (TPSA) is 89.7 Å². The molecule has 6 heteroatoms. The predicted molar refractivity (Wildman–Crippen MR) is 82.8 cm³/mol. The van der Waals surface area contributed by atoms with Crippen molar-refractivity contribution in [3.63, 3.8) is 0 Å². The molecule has 0 saturated heterocycles. The number of guanidine groups is 1. The van der Waals surface area contributed by atoms with Gasteiger partial charge in [0.2, 0.25) is 5.96 Å². The summed E-state index contributed by atoms with van der Waals surface area (Å²) in [5.74, 6) is -0.0163. The predicted octanol–water partition coefficient (Wildman–Crippen LogP) is 2.12. The van der Waals surface area contributed by atoms with Gasteiger partial charge in [0, 0.05) is 5.56 Å². The fourth-order valence-corrected chi connectivity index (χ4v) is 3.33. The fourth-order valence-electron chi connectivity index (χ4n) is 2.20. The van der Waals surface area contributed by atoms with Crippen molar-refractivity contribution in [2.45, 2.75) is 19.3 Å². The minimum atomic E-state index is -0.0163. The first kappa shape index (κ1) is 12.8. The summed E-state index contributed by atoms with van der Waals surface area (Å²) in [6.45, 7) is 0. The highest BCUT2D eigenvalue weighted by molar-refractivity contribution is 7.17. The molecule has 2 aromatic rings. The van der Waals surface area contributed by atoms with Crippen molar-refractivity contribution >= 4 is 23.0 Å². The lowest BCUT2D eigenvalue weighted by Crippen LogP contribution is -2.22. The lowest BCUT2D eigenvalue weighted by molar-refractivity contribution is 0.818. The Balaban J connectivity index is 2.01. The summed E-state index contributed by atoms with van der Waals surface area (Å²) < 4.78 is 0. The lowest BCUT2D eigenvalue weighted by Gasteiger charge is -2.10. The average Bonchev–Trinajstić information content (AvgIpc) is 2.90. The van der Waals surface area contributed by atoms with Gasteiger partial charge < -0.3 is 11.5 Å². The first-order valence-electron chi connectivity index (χ1n) is 6.45. The molecule has 1 heterocycles. The molecule has 3 rings (SSSR count). The number of nitrogens with two attached hydrogens (primary N) is 2. The van der Waals surface area contributed by atoms with Crippen molar-refractivity contribution < 1.29 is 0 Å². The van der Waals surface area contributed by atoms with Crippen molar-refractivity contribution in [1.82, 2.24) is 4.98 Å². The van der Waals surface area contributed by atoms with Crippen LogP contribution in [0.2, 0.25) is 0 Å². The highest BCUT2D eigenvalue weighted by Gasteiger charge is 2.21. The summed E-state index contributed by atoms with van der Waals surface area (Å²) in [6.07, 6.45) is 2.91. The second-order valence-corrected chi connectivity index (χ2v) is 5.59. The minimum Gasteiger partial charge on any atom is -0.369 e. The second kappa shape index (κ2) is 5.42. The van der Waals surface area contributed by atoms with Crippen LogP contribution in [0.15, 0.2) is 40.5 Å². The smallest absolute Gasteiger partial charge is 0.211 e. The van der Waals surface area contributed by atoms with Crippen molar-refractivity contribution in [1.29, 1.82) is 0 Å². The molecular formula is C14H15N5S. The van der Waals surface area contributed by atoms with Crippen LogP contribution in [0.3, 0.4) is 0 Å². The molecule has 0 amide bonds. The first-order chi connectivity index (χ1) is 9.74. The van der Waals surface area contributed by atoms with E-state index < -0.39 is 0 Å². The van der Waals surface area contributed by atoms with E-state index in [1.54, 1.807) is 11.3 Å². The number of thiazole rings is 1. The highest BCUT2D eigenvalue weighted by Crippen LogP contribution is 2.32. The zero-order valence-corrected chi connectivity index (χ0v) is 11.7. The lowest BCUT2D eigenvalue weighted by atomic mass is 10.0. The Kier molecular flexibility index (Phi) is 3.47. The number of aromatic nitrogens is 1. The molecule has 4 N–H and O–H groups in total. The van der Waals surface area contributed by atoms with Gasteiger partial charge in [-0.05, 0) is 19.3 Å². The molecule has 0 radical (unpaired) electrons. The molecule has 0 unspecified atom stereocenters. The number of nitrogens with zero attached hydrogens (tertiary/aromatic N) is 3. The van der Waals surface area contributed by atoms with E-state index in [2.05, 4.69) is 22.3 Å². The van der Waals surface area contributed by atoms with Gasteiger partial charge in [-0.1, -0.05) is 30.3 Å². The van der Waals surface area contributed by atoms with E-state index in [0.29, 0.717) is 0 Å². The summed E-state index contributed by atoms with van der Waals surface area (Å²) in [6, 6.07) is 10.2. The van der Waals surface area contributed by atoms with Crippen LogP contribution in [-0.4, -0.2) is 16.7 Å². The molecule has 1 aromatic heterocycles. The van der Waals surface area contributed by atoms with Gasteiger partial charge in [-0.15, -0.1) is 16.4 Å². The van der Waals surface area contributed by atoms with Gasteiger partial charge >= 0.3 is 0 Å². The van der Waals surface area contributed by atoms with Crippen LogP contribution in [-0.2, 0) is 6.42 Å². The van der Waals surface area contributed by atoms with E-state index in [4.69, 9.17) is 16.5 Å². The van der Waals surface area contributed by atoms with Gasteiger partial charge in [0.25, 0.3) is 0 Å². The Bertz CT molecular complexity index is 668. The molecule has 0 bridgehead atoms. The minimum absolute atomic E-state index is 0.0163. The standard InChI is InChI=1S/C14H15N5S/c15-14(16)19-18-11-8-4-7-10-12(11)20-13(17-10)9-5-2-1-3-6-9/h1-3,5-6H,4,7-8H2,(H4,15,16,19)/b18-11+. The number of fused-ring (bicyclic) bond motifs is 1. The van der Waals surface area contributed by atoms with Gasteiger partial charge in [-0.25, -0.2) is 4.98 Å². The summed E-state index contributed by atoms with van der Waals surface area (Å²) in [5, 5.41) is 8.95. The number of hydrogen-bond donors (Lipinski definition) is 2. The highest BCUT2D eigenvalue weighted by atomic mass is 32.1. The number of rotatable bonds is 2. The van der Waals surface area contributed by atoms with Gasteiger partial charge in [-0.2, -0.15) is 5.10 Å². The summed E-state index contributed by atoms with van der Waals surface area (Å²) in [5.41, 5.74) is 13.8. The third-order valence-corrected chi connectivity index (χ3v) is 4.29. The Labute approximate surface area is 121 Å². The van der Waals surface area contributed by atoms with Crippen LogP contribution >= 0.6 is 11.3 Å². The van der Waals surface area contributed by atoms with Crippen molar-refractivity contribution in [2.24, 2.45) is 21.7 Å². The van der Waals surface area contributed by atoms with Gasteiger partial charge in [0.05, 0.1) is 16.3 Å². The maximum absolute atomic E-state index is 5.33. The van der Waals surface area contributed by atoms with Gasteiger partial charge in [0.15, 0.2) is 0 Å². The van der Waals surface area contributed by atoms with Crippen LogP contribution in [0.5, 0.6) is 0 Å². The fraction of sp³-hybridized carbons (Fsp3) is 0.214. The quantitative estimate of drug-likeness (QED) is 0.503. The van der Waals surface area contributed by atoms with Gasteiger partial charge in [-0.3, -0.25) is 0 Å². The van der Waals surface area contributed by atoms with E-state index in [-0.39, 0.29) is 5.96 Å². The third kappa shape index (κ3) is 2.55. The third-order valence-electron chi connectivity index (χ3n) is 3.09. The number of benzene rings is 1. The Morgan fingerprint density at radius 2 is 1.95 bits per heavy atom. The van der Waals surface area contributed by atoms with E-state index in [9.17, 15) is 0 Å². The summed E-state index contributed by atoms with van der Waals surface area (Å²) in [4.78, 5) is 5.84. The molecule has 5 nitrogen and oxygen atoms in total. The Morgan fingerprint density at radius 3 is 2.70 bits per heavy atom. The molecule has 0 spiro atoms. The Morgan fingerprint density at radius 1 is 1.15 bits per heavy atom.